The molecule has 17 heteroatoms. The van der Waals surface area contributed by atoms with Crippen LogP contribution < -0.4 is 27.0 Å². The molecule has 7 atom stereocenters. The number of nitrogens with two attached hydrogens (primary N) is 1. The number of carbonyl (C=O) groups excluding carboxylic acids is 5. The molecule has 1 fully saturated rings. The van der Waals surface area contributed by atoms with Gasteiger partial charge in [0.25, 0.3) is 0 Å². The molecular formula is C33H46N8O9. The maximum atomic E-state index is 14.0. The minimum Gasteiger partial charge on any atom is -0.481 e. The Morgan fingerprint density at radius 2 is 1.60 bits per heavy atom. The lowest BCUT2D eigenvalue weighted by Gasteiger charge is -2.30. The number of amides is 5. The Kier molecular flexibility index (Phi) is 14.4. The molecule has 1 saturated heterocycles. The maximum Gasteiger partial charge on any atom is 0.326 e. The second kappa shape index (κ2) is 18.4. The Hall–Kier alpha value is -5.32. The van der Waals surface area contributed by atoms with Crippen molar-refractivity contribution in [2.24, 2.45) is 11.7 Å². The van der Waals surface area contributed by atoms with Crippen molar-refractivity contribution in [2.45, 2.75) is 95.5 Å². The second-order valence-electron chi connectivity index (χ2n) is 12.4. The number of likely N-dealkylation sites (tertiary alicyclic amines) is 1. The van der Waals surface area contributed by atoms with Crippen molar-refractivity contribution in [3.05, 3.63) is 54.1 Å². The van der Waals surface area contributed by atoms with Gasteiger partial charge in [-0.3, -0.25) is 28.8 Å². The van der Waals surface area contributed by atoms with E-state index in [1.807, 2.05) is 6.92 Å². The van der Waals surface area contributed by atoms with Crippen molar-refractivity contribution in [1.29, 1.82) is 0 Å². The first-order chi connectivity index (χ1) is 23.7. The molecule has 17 nitrogen and oxygen atoms in total. The van der Waals surface area contributed by atoms with E-state index in [0.717, 1.165) is 0 Å². The SMILES string of the molecule is CC[C@H](C)[C@H](N)C(=O)N[C@@H](C)C(=O)N[C@@H](CC(=O)O)C(=O)N[C@@H](Cc1cnc[nH]1)C(=O)N1CCC[C@H]1C(=O)N[C@@H](Cc1ccccc1)C(=O)O. The summed E-state index contributed by atoms with van der Waals surface area (Å²) < 4.78 is 0. The van der Waals surface area contributed by atoms with Gasteiger partial charge in [0, 0.05) is 31.3 Å². The Balaban J connectivity index is 1.76. The van der Waals surface area contributed by atoms with E-state index in [-0.39, 0.29) is 31.7 Å². The second-order valence-corrected chi connectivity index (χ2v) is 12.4. The summed E-state index contributed by atoms with van der Waals surface area (Å²) in [6, 6.07) is 1.39. The topological polar surface area (TPSA) is 266 Å². The van der Waals surface area contributed by atoms with E-state index in [2.05, 4.69) is 31.2 Å². The van der Waals surface area contributed by atoms with Crippen LogP contribution >= 0.6 is 0 Å². The molecule has 0 aliphatic carbocycles. The van der Waals surface area contributed by atoms with Gasteiger partial charge in [0.05, 0.1) is 18.8 Å². The highest BCUT2D eigenvalue weighted by molar-refractivity contribution is 5.97. The minimum absolute atomic E-state index is 0.0186. The zero-order valence-corrected chi connectivity index (χ0v) is 28.3. The summed E-state index contributed by atoms with van der Waals surface area (Å²) in [4.78, 5) is 98.1. The van der Waals surface area contributed by atoms with Gasteiger partial charge in [0.1, 0.15) is 30.2 Å². The van der Waals surface area contributed by atoms with Crippen molar-refractivity contribution < 1.29 is 43.8 Å². The Bertz CT molecular complexity index is 1500. The highest BCUT2D eigenvalue weighted by Crippen LogP contribution is 2.20. The van der Waals surface area contributed by atoms with Crippen molar-refractivity contribution in [1.82, 2.24) is 36.1 Å². The lowest BCUT2D eigenvalue weighted by atomic mass is 9.99. The molecule has 5 amide bonds. The summed E-state index contributed by atoms with van der Waals surface area (Å²) in [6.07, 6.45) is 3.11. The quantitative estimate of drug-likeness (QED) is 0.0943. The summed E-state index contributed by atoms with van der Waals surface area (Å²) in [5.74, 6) is -6.64. The van der Waals surface area contributed by atoms with Gasteiger partial charge in [-0.2, -0.15) is 0 Å². The molecule has 0 unspecified atom stereocenters. The number of carboxylic acids is 2. The number of nitrogens with zero attached hydrogens (tertiary/aromatic N) is 2. The molecule has 2 heterocycles. The number of aliphatic carboxylic acids is 2. The zero-order chi connectivity index (χ0) is 37.0. The van der Waals surface area contributed by atoms with Gasteiger partial charge in [-0.1, -0.05) is 50.6 Å². The first kappa shape index (κ1) is 39.1. The molecule has 272 valence electrons. The van der Waals surface area contributed by atoms with Crippen LogP contribution in [0.2, 0.25) is 0 Å². The summed E-state index contributed by atoms with van der Waals surface area (Å²) in [6.45, 7) is 5.12. The normalized spacial score (nSPS) is 17.7. The van der Waals surface area contributed by atoms with Crippen molar-refractivity contribution in [2.75, 3.05) is 6.54 Å². The number of benzene rings is 1. The standard InChI is InChI=1S/C33H46N8O9/c1-4-18(2)27(34)31(47)37-19(3)28(44)38-22(15-26(42)43)29(45)39-23(14-21-16-35-17-36-21)32(48)41-12-8-11-25(41)30(46)40-24(33(49)50)13-20-9-6-5-7-10-20/h5-7,9-10,16-19,22-25,27H,4,8,11-15,34H2,1-3H3,(H,35,36)(H,37,47)(H,38,44)(H,39,45)(H,40,46)(H,42,43)(H,49,50)/t18-,19-,22-,23-,24-,25-,27-/m0/s1. The van der Waals surface area contributed by atoms with E-state index >= 15 is 0 Å². The van der Waals surface area contributed by atoms with E-state index < -0.39 is 84.1 Å². The predicted molar refractivity (Wildman–Crippen MR) is 178 cm³/mol. The molecule has 1 aromatic carbocycles. The number of hydrogen-bond donors (Lipinski definition) is 8. The number of rotatable bonds is 18. The highest BCUT2D eigenvalue weighted by atomic mass is 16.4. The number of carboxylic acid groups (broad SMARTS) is 2. The fraction of sp³-hybridized carbons (Fsp3) is 0.515. The third kappa shape index (κ3) is 11.1. The molecule has 0 spiro atoms. The van der Waals surface area contributed by atoms with E-state index in [1.54, 1.807) is 37.3 Å². The smallest absolute Gasteiger partial charge is 0.326 e. The van der Waals surface area contributed by atoms with Gasteiger partial charge >= 0.3 is 11.9 Å². The fourth-order valence-corrected chi connectivity index (χ4v) is 5.48. The molecule has 1 aliphatic rings. The van der Waals surface area contributed by atoms with Crippen LogP contribution in [0.4, 0.5) is 0 Å². The molecule has 3 rings (SSSR count). The first-order valence-electron chi connectivity index (χ1n) is 16.4. The summed E-state index contributed by atoms with van der Waals surface area (Å²) in [5, 5.41) is 29.2. The molecule has 0 radical (unpaired) electrons. The molecule has 0 bridgehead atoms. The van der Waals surface area contributed by atoms with Gasteiger partial charge in [0.2, 0.25) is 29.5 Å². The third-order valence-electron chi connectivity index (χ3n) is 8.65. The first-order valence-corrected chi connectivity index (χ1v) is 16.4. The van der Waals surface area contributed by atoms with E-state index in [1.165, 1.54) is 24.3 Å². The van der Waals surface area contributed by atoms with Crippen LogP contribution in [-0.2, 0) is 46.4 Å². The Labute approximate surface area is 289 Å². The fourth-order valence-electron chi connectivity index (χ4n) is 5.48. The van der Waals surface area contributed by atoms with Crippen molar-refractivity contribution in [3.8, 4) is 0 Å². The van der Waals surface area contributed by atoms with Gasteiger partial charge in [-0.05, 0) is 31.2 Å². The Morgan fingerprint density at radius 3 is 2.20 bits per heavy atom. The number of H-pyrrole nitrogens is 1. The van der Waals surface area contributed by atoms with Crippen LogP contribution in [0.1, 0.15) is 57.7 Å². The zero-order valence-electron chi connectivity index (χ0n) is 28.3. The lowest BCUT2D eigenvalue weighted by molar-refractivity contribution is -0.145. The summed E-state index contributed by atoms with van der Waals surface area (Å²) >= 11 is 0. The number of aromatic amines is 1. The Morgan fingerprint density at radius 1 is 0.920 bits per heavy atom. The molecule has 2 aromatic rings. The van der Waals surface area contributed by atoms with Crippen molar-refractivity contribution in [3.63, 3.8) is 0 Å². The van der Waals surface area contributed by atoms with Crippen LogP contribution in [-0.4, -0.2) is 109 Å². The number of imidazole rings is 1. The van der Waals surface area contributed by atoms with Crippen LogP contribution in [0.15, 0.2) is 42.9 Å². The van der Waals surface area contributed by atoms with E-state index in [4.69, 9.17) is 5.73 Å². The van der Waals surface area contributed by atoms with Gasteiger partial charge < -0.3 is 47.1 Å². The predicted octanol–water partition coefficient (Wildman–Crippen LogP) is -0.922. The van der Waals surface area contributed by atoms with E-state index in [0.29, 0.717) is 24.1 Å². The van der Waals surface area contributed by atoms with E-state index in [9.17, 15) is 43.8 Å². The number of aromatic nitrogens is 2. The minimum atomic E-state index is -1.65. The third-order valence-corrected chi connectivity index (χ3v) is 8.65. The highest BCUT2D eigenvalue weighted by Gasteiger charge is 2.40. The van der Waals surface area contributed by atoms with Crippen molar-refractivity contribution >= 4 is 41.5 Å². The largest absolute Gasteiger partial charge is 0.481 e. The van der Waals surface area contributed by atoms with Crippen LogP contribution in [0, 0.1) is 5.92 Å². The average molecular weight is 699 g/mol. The van der Waals surface area contributed by atoms with Gasteiger partial charge in [-0.15, -0.1) is 0 Å². The summed E-state index contributed by atoms with van der Waals surface area (Å²) in [5.41, 5.74) is 7.07. The van der Waals surface area contributed by atoms with Crippen LogP contribution in [0.3, 0.4) is 0 Å². The number of nitrogens with one attached hydrogen (secondary N) is 5. The molecule has 50 heavy (non-hydrogen) atoms. The average Bonchev–Trinajstić information content (AvgIpc) is 3.79. The van der Waals surface area contributed by atoms with Crippen LogP contribution in [0.25, 0.3) is 0 Å². The maximum absolute atomic E-state index is 14.0. The van der Waals surface area contributed by atoms with Gasteiger partial charge in [-0.25, -0.2) is 9.78 Å². The monoisotopic (exact) mass is 698 g/mol. The van der Waals surface area contributed by atoms with Crippen LogP contribution in [0.5, 0.6) is 0 Å². The van der Waals surface area contributed by atoms with Gasteiger partial charge in [0.15, 0.2) is 0 Å². The number of hydrogen-bond acceptors (Lipinski definition) is 9. The molecule has 1 aliphatic heterocycles. The molecule has 9 N–H and O–H groups in total. The lowest BCUT2D eigenvalue weighted by Crippen LogP contribution is -2.59. The molecule has 1 aromatic heterocycles. The molecule has 0 saturated carbocycles. The molecular weight excluding hydrogens is 652 g/mol. The number of carbonyl (C=O) groups is 7. The summed E-state index contributed by atoms with van der Waals surface area (Å²) in [7, 11) is 0.